The second-order valence-corrected chi connectivity index (χ2v) is 5.09. The van der Waals surface area contributed by atoms with Gasteiger partial charge >= 0.3 is 6.18 Å². The summed E-state index contributed by atoms with van der Waals surface area (Å²) in [7, 11) is 0. The van der Waals surface area contributed by atoms with E-state index in [1.54, 1.807) is 11.8 Å². The molecule has 0 radical (unpaired) electrons. The van der Waals surface area contributed by atoms with Crippen molar-refractivity contribution in [3.8, 4) is 0 Å². The van der Waals surface area contributed by atoms with Crippen molar-refractivity contribution < 1.29 is 13.2 Å². The summed E-state index contributed by atoms with van der Waals surface area (Å²) < 4.78 is 39.0. The maximum Gasteiger partial charge on any atom is 0.405 e. The maximum atomic E-state index is 13.0. The van der Waals surface area contributed by atoms with E-state index in [1.807, 2.05) is 0 Å². The summed E-state index contributed by atoms with van der Waals surface area (Å²) >= 11 is 0. The third kappa shape index (κ3) is 2.07. The highest BCUT2D eigenvalue weighted by atomic mass is 19.4. The lowest BCUT2D eigenvalue weighted by Crippen LogP contribution is -2.58. The van der Waals surface area contributed by atoms with Crippen LogP contribution in [0, 0.1) is 5.92 Å². The SMILES string of the molecule is CCC(N)C(N1CC2CCC1C2)C(F)(F)F. The fourth-order valence-electron chi connectivity index (χ4n) is 3.20. The minimum Gasteiger partial charge on any atom is -0.326 e. The molecule has 0 amide bonds. The van der Waals surface area contributed by atoms with Gasteiger partial charge in [-0.2, -0.15) is 13.2 Å². The smallest absolute Gasteiger partial charge is 0.326 e. The Kier molecular flexibility index (Phi) is 3.18. The van der Waals surface area contributed by atoms with Crippen molar-refractivity contribution >= 4 is 0 Å². The summed E-state index contributed by atoms with van der Waals surface area (Å²) in [5.74, 6) is 0.471. The van der Waals surface area contributed by atoms with E-state index in [1.165, 1.54) is 0 Å². The van der Waals surface area contributed by atoms with Gasteiger partial charge in [-0.1, -0.05) is 6.92 Å². The quantitative estimate of drug-likeness (QED) is 0.813. The van der Waals surface area contributed by atoms with Crippen LogP contribution in [0.15, 0.2) is 0 Å². The second-order valence-electron chi connectivity index (χ2n) is 5.09. The number of hydrogen-bond donors (Lipinski definition) is 1. The van der Waals surface area contributed by atoms with Gasteiger partial charge in [-0.05, 0) is 31.6 Å². The molecule has 0 spiro atoms. The molecule has 0 aromatic carbocycles. The zero-order chi connectivity index (χ0) is 11.9. The molecule has 1 heterocycles. The summed E-state index contributed by atoms with van der Waals surface area (Å²) in [5.41, 5.74) is 5.65. The fourth-order valence-corrected chi connectivity index (χ4v) is 3.20. The van der Waals surface area contributed by atoms with Crippen molar-refractivity contribution in [2.45, 2.75) is 56.9 Å². The van der Waals surface area contributed by atoms with E-state index in [0.717, 1.165) is 19.3 Å². The number of alkyl halides is 3. The van der Waals surface area contributed by atoms with Crippen molar-refractivity contribution in [2.75, 3.05) is 6.54 Å². The summed E-state index contributed by atoms with van der Waals surface area (Å²) in [4.78, 5) is 1.61. The lowest BCUT2D eigenvalue weighted by Gasteiger charge is -2.38. The molecular weight excluding hydrogens is 217 g/mol. The van der Waals surface area contributed by atoms with Crippen LogP contribution in [0.3, 0.4) is 0 Å². The van der Waals surface area contributed by atoms with Crippen LogP contribution in [0.25, 0.3) is 0 Å². The molecule has 2 aliphatic rings. The molecule has 0 aromatic heterocycles. The lowest BCUT2D eigenvalue weighted by molar-refractivity contribution is -0.193. The van der Waals surface area contributed by atoms with Crippen molar-refractivity contribution in [3.05, 3.63) is 0 Å². The Morgan fingerprint density at radius 1 is 1.38 bits per heavy atom. The van der Waals surface area contributed by atoms with Gasteiger partial charge in [0.1, 0.15) is 6.04 Å². The molecule has 94 valence electrons. The Morgan fingerprint density at radius 2 is 2.06 bits per heavy atom. The van der Waals surface area contributed by atoms with E-state index in [4.69, 9.17) is 5.73 Å². The van der Waals surface area contributed by atoms with Crippen molar-refractivity contribution in [3.63, 3.8) is 0 Å². The number of likely N-dealkylation sites (tertiary alicyclic amines) is 1. The number of piperidine rings is 1. The van der Waals surface area contributed by atoms with Crippen LogP contribution in [-0.2, 0) is 0 Å². The van der Waals surface area contributed by atoms with E-state index in [-0.39, 0.29) is 6.04 Å². The summed E-state index contributed by atoms with van der Waals surface area (Å²) in [6, 6.07) is -2.11. The molecule has 2 nitrogen and oxygen atoms in total. The molecule has 4 unspecified atom stereocenters. The van der Waals surface area contributed by atoms with Crippen molar-refractivity contribution in [1.82, 2.24) is 4.90 Å². The summed E-state index contributed by atoms with van der Waals surface area (Å²) in [6.07, 6.45) is -0.887. The summed E-state index contributed by atoms with van der Waals surface area (Å²) in [5, 5.41) is 0. The fraction of sp³-hybridized carbons (Fsp3) is 1.00. The zero-order valence-corrected chi connectivity index (χ0v) is 9.50. The largest absolute Gasteiger partial charge is 0.405 e. The van der Waals surface area contributed by atoms with Gasteiger partial charge in [0.05, 0.1) is 0 Å². The molecule has 2 fully saturated rings. The summed E-state index contributed by atoms with van der Waals surface area (Å²) in [6.45, 7) is 2.31. The number of hydrogen-bond acceptors (Lipinski definition) is 2. The first-order valence-electron chi connectivity index (χ1n) is 6.01. The lowest BCUT2D eigenvalue weighted by atomic mass is 10.0. The Morgan fingerprint density at radius 3 is 2.44 bits per heavy atom. The number of nitrogens with two attached hydrogens (primary N) is 1. The van der Waals surface area contributed by atoms with Gasteiger partial charge in [0.25, 0.3) is 0 Å². The first kappa shape index (κ1) is 12.2. The standard InChI is InChI=1S/C11H19F3N2/c1-2-9(15)10(11(12,13)14)16-6-7-3-4-8(16)5-7/h7-10H,2-6,15H2,1H3. The van der Waals surface area contributed by atoms with Crippen LogP contribution in [0.5, 0.6) is 0 Å². The van der Waals surface area contributed by atoms with Gasteiger partial charge in [0.15, 0.2) is 0 Å². The molecule has 2 rings (SSSR count). The Hall–Kier alpha value is -0.290. The van der Waals surface area contributed by atoms with E-state index < -0.39 is 18.3 Å². The highest BCUT2D eigenvalue weighted by molar-refractivity contribution is 4.99. The Labute approximate surface area is 94.0 Å². The molecule has 1 aliphatic carbocycles. The minimum atomic E-state index is -4.19. The minimum absolute atomic E-state index is 0.120. The third-order valence-electron chi connectivity index (χ3n) is 4.02. The topological polar surface area (TPSA) is 29.3 Å². The first-order chi connectivity index (χ1) is 7.43. The molecule has 16 heavy (non-hydrogen) atoms. The third-order valence-corrected chi connectivity index (χ3v) is 4.02. The average molecular weight is 236 g/mol. The van der Waals surface area contributed by atoms with E-state index in [0.29, 0.717) is 18.9 Å². The van der Waals surface area contributed by atoms with Gasteiger partial charge in [-0.15, -0.1) is 0 Å². The van der Waals surface area contributed by atoms with Crippen molar-refractivity contribution in [1.29, 1.82) is 0 Å². The molecule has 2 N–H and O–H groups in total. The van der Waals surface area contributed by atoms with Crippen LogP contribution < -0.4 is 5.73 Å². The molecule has 2 bridgehead atoms. The van der Waals surface area contributed by atoms with Crippen LogP contribution in [0.4, 0.5) is 13.2 Å². The van der Waals surface area contributed by atoms with Gasteiger partial charge in [0, 0.05) is 18.6 Å². The number of nitrogens with zero attached hydrogens (tertiary/aromatic N) is 1. The molecule has 0 aromatic rings. The van der Waals surface area contributed by atoms with Gasteiger partial charge < -0.3 is 5.73 Å². The van der Waals surface area contributed by atoms with Gasteiger partial charge in [0.2, 0.25) is 0 Å². The average Bonchev–Trinajstić information content (AvgIpc) is 2.77. The Balaban J connectivity index is 2.13. The van der Waals surface area contributed by atoms with E-state index in [9.17, 15) is 13.2 Å². The maximum absolute atomic E-state index is 13.0. The molecule has 1 aliphatic heterocycles. The van der Waals surface area contributed by atoms with Crippen LogP contribution in [0.1, 0.15) is 32.6 Å². The number of fused-ring (bicyclic) bond motifs is 2. The zero-order valence-electron chi connectivity index (χ0n) is 9.50. The molecule has 5 heteroatoms. The molecule has 1 saturated heterocycles. The van der Waals surface area contributed by atoms with Gasteiger partial charge in [-0.3, -0.25) is 4.90 Å². The van der Waals surface area contributed by atoms with Crippen LogP contribution in [-0.4, -0.2) is 35.7 Å². The van der Waals surface area contributed by atoms with Crippen LogP contribution in [0.2, 0.25) is 0 Å². The van der Waals surface area contributed by atoms with Crippen LogP contribution >= 0.6 is 0 Å². The molecule has 4 atom stereocenters. The number of rotatable bonds is 3. The highest BCUT2D eigenvalue weighted by Gasteiger charge is 2.52. The second kappa shape index (κ2) is 4.18. The molecule has 1 saturated carbocycles. The predicted molar refractivity (Wildman–Crippen MR) is 55.9 cm³/mol. The van der Waals surface area contributed by atoms with Gasteiger partial charge in [-0.25, -0.2) is 0 Å². The Bertz CT molecular complexity index is 254. The normalized spacial score (nSPS) is 34.3. The van der Waals surface area contributed by atoms with Crippen molar-refractivity contribution in [2.24, 2.45) is 11.7 Å². The molecular formula is C11H19F3N2. The monoisotopic (exact) mass is 236 g/mol. The highest BCUT2D eigenvalue weighted by Crippen LogP contribution is 2.42. The predicted octanol–water partition coefficient (Wildman–Crippen LogP) is 2.14. The number of halogens is 3. The van der Waals surface area contributed by atoms with E-state index >= 15 is 0 Å². The van der Waals surface area contributed by atoms with E-state index in [2.05, 4.69) is 0 Å². The first-order valence-corrected chi connectivity index (χ1v) is 6.01.